The Morgan fingerprint density at radius 2 is 1.68 bits per heavy atom. The highest BCUT2D eigenvalue weighted by Gasteiger charge is 2.37. The minimum Gasteiger partial charge on any atom is -0.480 e. The first-order valence-electron chi connectivity index (χ1n) is 7.38. The molecule has 0 aromatic carbocycles. The minimum absolute atomic E-state index is 0.00759. The Morgan fingerprint density at radius 1 is 1.05 bits per heavy atom. The lowest BCUT2D eigenvalue weighted by Gasteiger charge is -2.31. The van der Waals surface area contributed by atoms with Crippen LogP contribution < -0.4 is 0 Å². The monoisotopic (exact) mass is 268 g/mol. The van der Waals surface area contributed by atoms with Crippen LogP contribution >= 0.6 is 0 Å². The maximum Gasteiger partial charge on any atom is 0.326 e. The van der Waals surface area contributed by atoms with Crippen molar-refractivity contribution in [1.82, 2.24) is 9.80 Å². The van der Waals surface area contributed by atoms with Crippen LogP contribution in [0.3, 0.4) is 0 Å². The number of rotatable bonds is 3. The van der Waals surface area contributed by atoms with Crippen LogP contribution in [0.4, 0.5) is 0 Å². The molecule has 1 N–H and O–H groups in total. The molecular weight excluding hydrogens is 244 g/mol. The first-order valence-corrected chi connectivity index (χ1v) is 7.38. The molecule has 5 heteroatoms. The second-order valence-corrected chi connectivity index (χ2v) is 5.65. The van der Waals surface area contributed by atoms with Crippen LogP contribution in [0.2, 0.25) is 0 Å². The van der Waals surface area contributed by atoms with Crippen LogP contribution in [-0.2, 0) is 9.59 Å². The molecule has 0 aliphatic carbocycles. The second kappa shape index (κ2) is 6.37. The number of carbonyl (C=O) groups is 2. The Bertz CT molecular complexity index is 338. The van der Waals surface area contributed by atoms with Gasteiger partial charge in [-0.1, -0.05) is 12.8 Å². The molecule has 2 fully saturated rings. The number of amides is 1. The molecular formula is C14H24N2O3. The van der Waals surface area contributed by atoms with Gasteiger partial charge in [-0.25, -0.2) is 4.79 Å². The summed E-state index contributed by atoms with van der Waals surface area (Å²) in [5.41, 5.74) is 0. The summed E-state index contributed by atoms with van der Waals surface area (Å²) in [6.07, 6.45) is 6.14. The van der Waals surface area contributed by atoms with E-state index in [4.69, 9.17) is 5.11 Å². The lowest BCUT2D eigenvalue weighted by molar-refractivity contribution is -0.150. The Morgan fingerprint density at radius 3 is 2.26 bits per heavy atom. The molecule has 2 aliphatic heterocycles. The zero-order chi connectivity index (χ0) is 13.8. The van der Waals surface area contributed by atoms with Crippen molar-refractivity contribution in [2.24, 2.45) is 0 Å². The molecule has 2 atom stereocenters. The summed E-state index contributed by atoms with van der Waals surface area (Å²) in [6, 6.07) is -0.792. The molecule has 0 unspecified atom stereocenters. The van der Waals surface area contributed by atoms with E-state index in [0.29, 0.717) is 13.0 Å². The van der Waals surface area contributed by atoms with Crippen LogP contribution in [0.5, 0.6) is 0 Å². The van der Waals surface area contributed by atoms with Crippen LogP contribution in [0.25, 0.3) is 0 Å². The maximum atomic E-state index is 12.5. The number of carboxylic acid groups (broad SMARTS) is 1. The van der Waals surface area contributed by atoms with Crippen molar-refractivity contribution in [3.8, 4) is 0 Å². The number of likely N-dealkylation sites (tertiary alicyclic amines) is 2. The molecule has 2 rings (SSSR count). The van der Waals surface area contributed by atoms with Gasteiger partial charge in [0.2, 0.25) is 5.91 Å². The van der Waals surface area contributed by atoms with Crippen LogP contribution in [0.1, 0.15) is 45.4 Å². The van der Waals surface area contributed by atoms with E-state index >= 15 is 0 Å². The number of aliphatic carboxylic acids is 1. The normalized spacial score (nSPS) is 27.0. The standard InChI is InChI=1S/C14H24N2O3/c1-11(15-8-4-2-3-5-9-15)13(17)16-10-6-7-12(16)14(18)19/h11-12H,2-10H2,1H3,(H,18,19)/t11-,12-/m0/s1. The van der Waals surface area contributed by atoms with E-state index in [2.05, 4.69) is 4.90 Å². The van der Waals surface area contributed by atoms with E-state index in [1.165, 1.54) is 12.8 Å². The van der Waals surface area contributed by atoms with Crippen molar-refractivity contribution in [3.63, 3.8) is 0 Å². The van der Waals surface area contributed by atoms with Gasteiger partial charge in [-0.3, -0.25) is 9.69 Å². The van der Waals surface area contributed by atoms with E-state index in [1.807, 2.05) is 6.92 Å². The maximum absolute atomic E-state index is 12.5. The average molecular weight is 268 g/mol. The molecule has 0 radical (unpaired) electrons. The molecule has 108 valence electrons. The second-order valence-electron chi connectivity index (χ2n) is 5.65. The first kappa shape index (κ1) is 14.3. The van der Waals surface area contributed by atoms with Crippen molar-refractivity contribution < 1.29 is 14.7 Å². The van der Waals surface area contributed by atoms with Gasteiger partial charge in [0, 0.05) is 6.54 Å². The molecule has 5 nitrogen and oxygen atoms in total. The molecule has 0 aromatic heterocycles. The third kappa shape index (κ3) is 3.26. The van der Waals surface area contributed by atoms with Crippen LogP contribution in [0.15, 0.2) is 0 Å². The van der Waals surface area contributed by atoms with E-state index in [-0.39, 0.29) is 11.9 Å². The molecule has 2 aliphatic rings. The van der Waals surface area contributed by atoms with Crippen molar-refractivity contribution >= 4 is 11.9 Å². The molecule has 0 spiro atoms. The Hall–Kier alpha value is -1.10. The third-order valence-corrected chi connectivity index (χ3v) is 4.37. The van der Waals surface area contributed by atoms with E-state index in [9.17, 15) is 9.59 Å². The number of nitrogens with zero attached hydrogens (tertiary/aromatic N) is 2. The summed E-state index contributed by atoms with van der Waals surface area (Å²) in [7, 11) is 0. The SMILES string of the molecule is C[C@@H](C(=O)N1CCC[C@H]1C(=O)O)N1CCCCCC1. The van der Waals surface area contributed by atoms with Crippen molar-refractivity contribution in [3.05, 3.63) is 0 Å². The predicted octanol–water partition coefficient (Wildman–Crippen LogP) is 1.33. The van der Waals surface area contributed by atoms with E-state index in [0.717, 1.165) is 32.4 Å². The molecule has 2 heterocycles. The van der Waals surface area contributed by atoms with Gasteiger partial charge in [-0.15, -0.1) is 0 Å². The highest BCUT2D eigenvalue weighted by molar-refractivity contribution is 5.87. The van der Waals surface area contributed by atoms with Crippen molar-refractivity contribution in [2.75, 3.05) is 19.6 Å². The molecule has 2 saturated heterocycles. The first-order chi connectivity index (χ1) is 9.11. The number of carbonyl (C=O) groups excluding carboxylic acids is 1. The topological polar surface area (TPSA) is 60.9 Å². The van der Waals surface area contributed by atoms with Crippen LogP contribution in [0, 0.1) is 0 Å². The zero-order valence-electron chi connectivity index (χ0n) is 11.7. The fraction of sp³-hybridized carbons (Fsp3) is 0.857. The number of hydrogen-bond acceptors (Lipinski definition) is 3. The van der Waals surface area contributed by atoms with Gasteiger partial charge in [-0.2, -0.15) is 0 Å². The zero-order valence-corrected chi connectivity index (χ0v) is 11.7. The largest absolute Gasteiger partial charge is 0.480 e. The summed E-state index contributed by atoms with van der Waals surface area (Å²) in [5, 5.41) is 9.16. The highest BCUT2D eigenvalue weighted by Crippen LogP contribution is 2.21. The fourth-order valence-corrected chi connectivity index (χ4v) is 3.17. The van der Waals surface area contributed by atoms with Gasteiger partial charge < -0.3 is 10.0 Å². The fourth-order valence-electron chi connectivity index (χ4n) is 3.17. The van der Waals surface area contributed by atoms with Gasteiger partial charge in [0.1, 0.15) is 6.04 Å². The number of carboxylic acids is 1. The predicted molar refractivity (Wildman–Crippen MR) is 71.9 cm³/mol. The van der Waals surface area contributed by atoms with Crippen LogP contribution in [-0.4, -0.2) is 58.5 Å². The lowest BCUT2D eigenvalue weighted by atomic mass is 10.2. The van der Waals surface area contributed by atoms with Gasteiger partial charge in [0.15, 0.2) is 0 Å². The summed E-state index contributed by atoms with van der Waals surface area (Å²) >= 11 is 0. The molecule has 1 amide bonds. The third-order valence-electron chi connectivity index (χ3n) is 4.37. The van der Waals surface area contributed by atoms with Gasteiger partial charge in [0.05, 0.1) is 6.04 Å². The van der Waals surface area contributed by atoms with Gasteiger partial charge in [0.25, 0.3) is 0 Å². The van der Waals surface area contributed by atoms with Gasteiger partial charge >= 0.3 is 5.97 Å². The van der Waals surface area contributed by atoms with Crippen molar-refractivity contribution in [2.45, 2.75) is 57.5 Å². The Labute approximate surface area is 114 Å². The van der Waals surface area contributed by atoms with Gasteiger partial charge in [-0.05, 0) is 45.7 Å². The molecule has 0 saturated carbocycles. The quantitative estimate of drug-likeness (QED) is 0.839. The summed E-state index contributed by atoms with van der Waals surface area (Å²) in [6.45, 7) is 4.43. The molecule has 19 heavy (non-hydrogen) atoms. The van der Waals surface area contributed by atoms with E-state index in [1.54, 1.807) is 4.90 Å². The highest BCUT2D eigenvalue weighted by atomic mass is 16.4. The Balaban J connectivity index is 1.99. The smallest absolute Gasteiger partial charge is 0.326 e. The number of hydrogen-bond donors (Lipinski definition) is 1. The summed E-state index contributed by atoms with van der Waals surface area (Å²) in [4.78, 5) is 27.4. The minimum atomic E-state index is -0.867. The molecule has 0 aromatic rings. The summed E-state index contributed by atoms with van der Waals surface area (Å²) < 4.78 is 0. The average Bonchev–Trinajstić information content (AvgIpc) is 2.73. The summed E-state index contributed by atoms with van der Waals surface area (Å²) in [5.74, 6) is -0.874. The lowest BCUT2D eigenvalue weighted by Crippen LogP contribution is -2.50. The molecule has 0 bridgehead atoms. The van der Waals surface area contributed by atoms with Crippen molar-refractivity contribution in [1.29, 1.82) is 0 Å². The Kier molecular flexibility index (Phi) is 4.80. The van der Waals surface area contributed by atoms with E-state index < -0.39 is 12.0 Å².